The molecule has 0 aliphatic heterocycles. The molecule has 0 aromatic heterocycles. The van der Waals surface area contributed by atoms with Gasteiger partial charge in [0.1, 0.15) is 0 Å². The van der Waals surface area contributed by atoms with Crippen molar-refractivity contribution >= 4 is 11.8 Å². The highest BCUT2D eigenvalue weighted by Gasteiger charge is 2.40. The Labute approximate surface area is 120 Å². The number of aryl methyl sites for hydroxylation is 1. The normalized spacial score (nSPS) is 23.9. The first-order valence-corrected chi connectivity index (χ1v) is 8.59. The fourth-order valence-electron chi connectivity index (χ4n) is 3.34. The molecule has 1 aromatic rings. The van der Waals surface area contributed by atoms with Crippen LogP contribution >= 0.6 is 11.8 Å². The lowest BCUT2D eigenvalue weighted by Gasteiger charge is -2.42. The van der Waals surface area contributed by atoms with Crippen LogP contribution in [0.1, 0.15) is 36.8 Å². The lowest BCUT2D eigenvalue weighted by atomic mass is 9.66. The van der Waals surface area contributed by atoms with Gasteiger partial charge >= 0.3 is 0 Å². The average molecular weight is 279 g/mol. The minimum Gasteiger partial charge on any atom is -0.392 e. The Kier molecular flexibility index (Phi) is 5.31. The largest absolute Gasteiger partial charge is 0.392 e. The molecule has 19 heavy (non-hydrogen) atoms. The SMILES string of the molecule is CSCCCC(O)C1(CN)CCCc2ccccc21. The summed E-state index contributed by atoms with van der Waals surface area (Å²) in [6.45, 7) is 0.546. The Morgan fingerprint density at radius 2 is 2.21 bits per heavy atom. The quantitative estimate of drug-likeness (QED) is 0.787. The van der Waals surface area contributed by atoms with Gasteiger partial charge in [-0.2, -0.15) is 11.8 Å². The summed E-state index contributed by atoms with van der Waals surface area (Å²) in [6, 6.07) is 8.52. The number of nitrogens with two attached hydrogens (primary N) is 1. The maximum atomic E-state index is 10.7. The van der Waals surface area contributed by atoms with Gasteiger partial charge in [-0.15, -0.1) is 0 Å². The van der Waals surface area contributed by atoms with E-state index in [2.05, 4.69) is 30.5 Å². The minimum absolute atomic E-state index is 0.215. The van der Waals surface area contributed by atoms with Gasteiger partial charge in [0.15, 0.2) is 0 Å². The molecule has 0 saturated carbocycles. The number of aliphatic hydroxyl groups excluding tert-OH is 1. The molecule has 2 atom stereocenters. The number of hydrogen-bond donors (Lipinski definition) is 2. The van der Waals surface area contributed by atoms with Crippen LogP contribution in [-0.2, 0) is 11.8 Å². The fourth-order valence-corrected chi connectivity index (χ4v) is 3.80. The number of rotatable bonds is 6. The molecule has 0 amide bonds. The summed E-state index contributed by atoms with van der Waals surface area (Å²) < 4.78 is 0. The van der Waals surface area contributed by atoms with Crippen molar-refractivity contribution in [2.24, 2.45) is 5.73 Å². The minimum atomic E-state index is -0.314. The van der Waals surface area contributed by atoms with E-state index in [-0.39, 0.29) is 11.5 Å². The van der Waals surface area contributed by atoms with Crippen molar-refractivity contribution in [1.29, 1.82) is 0 Å². The second-order valence-corrected chi connectivity index (χ2v) is 6.51. The van der Waals surface area contributed by atoms with Gasteiger partial charge in [-0.05, 0) is 55.2 Å². The van der Waals surface area contributed by atoms with Crippen molar-refractivity contribution < 1.29 is 5.11 Å². The van der Waals surface area contributed by atoms with E-state index in [4.69, 9.17) is 5.73 Å². The molecule has 2 nitrogen and oxygen atoms in total. The van der Waals surface area contributed by atoms with Crippen molar-refractivity contribution in [3.05, 3.63) is 35.4 Å². The van der Waals surface area contributed by atoms with Crippen LogP contribution in [0.15, 0.2) is 24.3 Å². The third kappa shape index (κ3) is 2.99. The van der Waals surface area contributed by atoms with E-state index < -0.39 is 0 Å². The second kappa shape index (κ2) is 6.78. The third-order valence-corrected chi connectivity index (χ3v) is 5.15. The topological polar surface area (TPSA) is 46.2 Å². The average Bonchev–Trinajstić information content (AvgIpc) is 2.46. The third-order valence-electron chi connectivity index (χ3n) is 4.45. The molecular formula is C16H25NOS. The maximum Gasteiger partial charge on any atom is 0.0649 e. The van der Waals surface area contributed by atoms with Gasteiger partial charge in [-0.1, -0.05) is 24.3 Å². The summed E-state index contributed by atoms with van der Waals surface area (Å²) in [4.78, 5) is 0. The van der Waals surface area contributed by atoms with E-state index >= 15 is 0 Å². The number of fused-ring (bicyclic) bond motifs is 1. The van der Waals surface area contributed by atoms with Crippen molar-refractivity contribution in [2.75, 3.05) is 18.6 Å². The van der Waals surface area contributed by atoms with E-state index in [0.717, 1.165) is 37.9 Å². The van der Waals surface area contributed by atoms with Crippen LogP contribution in [0.5, 0.6) is 0 Å². The standard InChI is InChI=1S/C16H25NOS/c1-19-11-5-9-15(18)16(12-17)10-4-7-13-6-2-3-8-14(13)16/h2-3,6,8,15,18H,4-5,7,9-12,17H2,1H3. The zero-order valence-electron chi connectivity index (χ0n) is 11.8. The summed E-state index contributed by atoms with van der Waals surface area (Å²) in [5.74, 6) is 1.11. The molecule has 106 valence electrons. The highest BCUT2D eigenvalue weighted by molar-refractivity contribution is 7.98. The molecule has 0 radical (unpaired) electrons. The molecule has 1 aliphatic rings. The lowest BCUT2D eigenvalue weighted by molar-refractivity contribution is 0.0644. The van der Waals surface area contributed by atoms with Crippen LogP contribution in [0.2, 0.25) is 0 Å². The first kappa shape index (κ1) is 14.9. The van der Waals surface area contributed by atoms with Gasteiger partial charge in [0.05, 0.1) is 6.10 Å². The number of hydrogen-bond acceptors (Lipinski definition) is 3. The highest BCUT2D eigenvalue weighted by atomic mass is 32.2. The van der Waals surface area contributed by atoms with E-state index in [9.17, 15) is 5.11 Å². The fraction of sp³-hybridized carbons (Fsp3) is 0.625. The van der Waals surface area contributed by atoms with E-state index in [1.807, 2.05) is 11.8 Å². The Balaban J connectivity index is 2.23. The first-order valence-electron chi connectivity index (χ1n) is 7.20. The molecule has 1 aromatic carbocycles. The van der Waals surface area contributed by atoms with Crippen LogP contribution < -0.4 is 5.73 Å². The Morgan fingerprint density at radius 1 is 1.42 bits per heavy atom. The molecule has 2 unspecified atom stereocenters. The summed E-state index contributed by atoms with van der Waals surface area (Å²) in [6.07, 6.45) is 6.98. The first-order chi connectivity index (χ1) is 9.24. The summed E-state index contributed by atoms with van der Waals surface area (Å²) in [5, 5.41) is 10.7. The van der Waals surface area contributed by atoms with E-state index in [0.29, 0.717) is 6.54 Å². The van der Waals surface area contributed by atoms with Crippen LogP contribution in [-0.4, -0.2) is 29.8 Å². The Hall–Kier alpha value is -0.510. The predicted molar refractivity (Wildman–Crippen MR) is 83.7 cm³/mol. The molecule has 0 bridgehead atoms. The Morgan fingerprint density at radius 3 is 2.95 bits per heavy atom. The summed E-state index contributed by atoms with van der Waals surface area (Å²) in [7, 11) is 0. The molecule has 3 heteroatoms. The zero-order chi connectivity index (χ0) is 13.7. The van der Waals surface area contributed by atoms with Gasteiger partial charge in [0, 0.05) is 12.0 Å². The second-order valence-electron chi connectivity index (χ2n) is 5.52. The molecule has 2 rings (SSSR count). The number of aliphatic hydroxyl groups is 1. The molecule has 0 fully saturated rings. The smallest absolute Gasteiger partial charge is 0.0649 e. The van der Waals surface area contributed by atoms with Gasteiger partial charge < -0.3 is 10.8 Å². The molecule has 0 spiro atoms. The monoisotopic (exact) mass is 279 g/mol. The van der Waals surface area contributed by atoms with Crippen LogP contribution in [0.3, 0.4) is 0 Å². The zero-order valence-corrected chi connectivity index (χ0v) is 12.6. The van der Waals surface area contributed by atoms with Crippen molar-refractivity contribution in [3.63, 3.8) is 0 Å². The summed E-state index contributed by atoms with van der Waals surface area (Å²) in [5.41, 5.74) is 8.55. The highest BCUT2D eigenvalue weighted by Crippen LogP contribution is 2.40. The van der Waals surface area contributed by atoms with Crippen molar-refractivity contribution in [2.45, 2.75) is 43.6 Å². The number of thioether (sulfide) groups is 1. The van der Waals surface area contributed by atoms with Gasteiger partial charge in [0.25, 0.3) is 0 Å². The van der Waals surface area contributed by atoms with E-state index in [1.165, 1.54) is 11.1 Å². The molecule has 0 heterocycles. The van der Waals surface area contributed by atoms with Gasteiger partial charge in [0.2, 0.25) is 0 Å². The Bertz CT molecular complexity index is 409. The summed E-state index contributed by atoms with van der Waals surface area (Å²) >= 11 is 1.84. The molecular weight excluding hydrogens is 254 g/mol. The van der Waals surface area contributed by atoms with Crippen molar-refractivity contribution in [3.8, 4) is 0 Å². The van der Waals surface area contributed by atoms with Gasteiger partial charge in [-0.25, -0.2) is 0 Å². The van der Waals surface area contributed by atoms with Crippen LogP contribution in [0.25, 0.3) is 0 Å². The predicted octanol–water partition coefficient (Wildman–Crippen LogP) is 2.72. The van der Waals surface area contributed by atoms with Crippen molar-refractivity contribution in [1.82, 2.24) is 0 Å². The molecule has 3 N–H and O–H groups in total. The lowest BCUT2D eigenvalue weighted by Crippen LogP contribution is -2.48. The van der Waals surface area contributed by atoms with Gasteiger partial charge in [-0.3, -0.25) is 0 Å². The van der Waals surface area contributed by atoms with Crippen LogP contribution in [0, 0.1) is 0 Å². The number of benzene rings is 1. The maximum absolute atomic E-state index is 10.7. The molecule has 0 saturated heterocycles. The molecule has 1 aliphatic carbocycles. The van der Waals surface area contributed by atoms with Crippen LogP contribution in [0.4, 0.5) is 0 Å². The van der Waals surface area contributed by atoms with E-state index in [1.54, 1.807) is 0 Å².